The van der Waals surface area contributed by atoms with E-state index in [2.05, 4.69) is 9.55 Å². The largest absolute Gasteiger partial charge is 0.328 e. The van der Waals surface area contributed by atoms with Gasteiger partial charge in [0.1, 0.15) is 5.82 Å². The standard InChI is InChI=1S/C11H11ClN2O2S/c12-17(15,16)7-8-3-4-9-10(6-8)14-5-1-2-11(14)13-9/h3-4,6H,1-2,5,7H2. The average Bonchev–Trinajstić information content (AvgIpc) is 2.75. The number of aromatic nitrogens is 2. The van der Waals surface area contributed by atoms with Crippen LogP contribution < -0.4 is 0 Å². The molecule has 6 heteroatoms. The number of halogens is 1. The summed E-state index contributed by atoms with van der Waals surface area (Å²) in [5.41, 5.74) is 2.65. The lowest BCUT2D eigenvalue weighted by Crippen LogP contribution is -1.96. The predicted octanol–water partition coefficient (Wildman–Crippen LogP) is 2.05. The van der Waals surface area contributed by atoms with Crippen molar-refractivity contribution < 1.29 is 8.42 Å². The van der Waals surface area contributed by atoms with Crippen LogP contribution in [0.25, 0.3) is 11.0 Å². The highest BCUT2D eigenvalue weighted by Gasteiger charge is 2.17. The minimum Gasteiger partial charge on any atom is -0.328 e. The number of fused-ring (bicyclic) bond motifs is 3. The Hall–Kier alpha value is -1.07. The maximum atomic E-state index is 11.1. The lowest BCUT2D eigenvalue weighted by atomic mass is 10.2. The Bertz CT molecular complexity index is 691. The van der Waals surface area contributed by atoms with Gasteiger partial charge in [-0.25, -0.2) is 13.4 Å². The maximum absolute atomic E-state index is 11.1. The summed E-state index contributed by atoms with van der Waals surface area (Å²) in [6.45, 7) is 0.961. The van der Waals surface area contributed by atoms with Crippen molar-refractivity contribution in [1.29, 1.82) is 0 Å². The first-order valence-corrected chi connectivity index (χ1v) is 7.91. The number of nitrogens with zero attached hydrogens (tertiary/aromatic N) is 2. The number of aryl methyl sites for hydroxylation is 2. The molecule has 1 aromatic carbocycles. The van der Waals surface area contributed by atoms with Gasteiger partial charge in [-0.2, -0.15) is 0 Å². The van der Waals surface area contributed by atoms with E-state index in [1.807, 2.05) is 12.1 Å². The van der Waals surface area contributed by atoms with Crippen molar-refractivity contribution in [1.82, 2.24) is 9.55 Å². The molecule has 0 saturated heterocycles. The zero-order valence-corrected chi connectivity index (χ0v) is 10.6. The van der Waals surface area contributed by atoms with Crippen LogP contribution in [0.5, 0.6) is 0 Å². The number of imidazole rings is 1. The van der Waals surface area contributed by atoms with Crippen LogP contribution in [0.2, 0.25) is 0 Å². The monoisotopic (exact) mass is 270 g/mol. The van der Waals surface area contributed by atoms with Crippen molar-refractivity contribution in [2.24, 2.45) is 0 Å². The minimum atomic E-state index is -3.50. The maximum Gasteiger partial charge on any atom is 0.236 e. The third-order valence-electron chi connectivity index (χ3n) is 3.01. The molecule has 0 fully saturated rings. The molecule has 0 unspecified atom stereocenters. The number of hydrogen-bond donors (Lipinski definition) is 0. The highest BCUT2D eigenvalue weighted by atomic mass is 35.7. The number of hydrogen-bond acceptors (Lipinski definition) is 3. The zero-order valence-electron chi connectivity index (χ0n) is 9.06. The van der Waals surface area contributed by atoms with Crippen molar-refractivity contribution in [3.05, 3.63) is 29.6 Å². The molecule has 0 spiro atoms. The van der Waals surface area contributed by atoms with E-state index in [9.17, 15) is 8.42 Å². The predicted molar refractivity (Wildman–Crippen MR) is 66.5 cm³/mol. The second kappa shape index (κ2) is 3.71. The molecule has 0 radical (unpaired) electrons. The first-order chi connectivity index (χ1) is 8.03. The van der Waals surface area contributed by atoms with Crippen LogP contribution in [0.1, 0.15) is 17.8 Å². The molecule has 0 saturated carbocycles. The summed E-state index contributed by atoms with van der Waals surface area (Å²) >= 11 is 0. The molecule has 2 heterocycles. The van der Waals surface area contributed by atoms with Crippen LogP contribution in [-0.2, 0) is 27.8 Å². The molecular formula is C11H11ClN2O2S. The molecule has 0 bridgehead atoms. The molecule has 2 aromatic rings. The van der Waals surface area contributed by atoms with Crippen LogP contribution >= 0.6 is 10.7 Å². The van der Waals surface area contributed by atoms with Gasteiger partial charge in [0, 0.05) is 23.6 Å². The van der Waals surface area contributed by atoms with E-state index < -0.39 is 9.05 Å². The normalized spacial score (nSPS) is 15.4. The van der Waals surface area contributed by atoms with Crippen molar-refractivity contribution in [3.8, 4) is 0 Å². The van der Waals surface area contributed by atoms with Crippen LogP contribution in [-0.4, -0.2) is 18.0 Å². The Balaban J connectivity index is 2.12. The second-order valence-electron chi connectivity index (χ2n) is 4.29. The fourth-order valence-electron chi connectivity index (χ4n) is 2.34. The van der Waals surface area contributed by atoms with Crippen molar-refractivity contribution in [2.75, 3.05) is 0 Å². The molecule has 0 amide bonds. The van der Waals surface area contributed by atoms with E-state index in [4.69, 9.17) is 10.7 Å². The molecular weight excluding hydrogens is 260 g/mol. The Kier molecular flexibility index (Phi) is 2.41. The first-order valence-electron chi connectivity index (χ1n) is 5.43. The number of benzene rings is 1. The average molecular weight is 271 g/mol. The van der Waals surface area contributed by atoms with Crippen LogP contribution in [0.15, 0.2) is 18.2 Å². The summed E-state index contributed by atoms with van der Waals surface area (Å²) in [4.78, 5) is 4.51. The van der Waals surface area contributed by atoms with Gasteiger partial charge >= 0.3 is 0 Å². The van der Waals surface area contributed by atoms with E-state index >= 15 is 0 Å². The number of rotatable bonds is 2. The van der Waals surface area contributed by atoms with E-state index in [0.717, 1.165) is 36.2 Å². The van der Waals surface area contributed by atoms with E-state index in [1.165, 1.54) is 0 Å². The molecule has 90 valence electrons. The van der Waals surface area contributed by atoms with Gasteiger partial charge in [-0.3, -0.25) is 0 Å². The van der Waals surface area contributed by atoms with Gasteiger partial charge in [-0.05, 0) is 24.1 Å². The minimum absolute atomic E-state index is 0.134. The quantitative estimate of drug-likeness (QED) is 0.785. The van der Waals surface area contributed by atoms with Crippen molar-refractivity contribution in [3.63, 3.8) is 0 Å². The molecule has 1 aromatic heterocycles. The molecule has 17 heavy (non-hydrogen) atoms. The first kappa shape index (κ1) is 11.0. The fraction of sp³-hybridized carbons (Fsp3) is 0.364. The van der Waals surface area contributed by atoms with Gasteiger partial charge in [0.05, 0.1) is 16.8 Å². The smallest absolute Gasteiger partial charge is 0.236 e. The highest BCUT2D eigenvalue weighted by Crippen LogP contribution is 2.24. The molecule has 3 rings (SSSR count). The summed E-state index contributed by atoms with van der Waals surface area (Å²) < 4.78 is 24.3. The second-order valence-corrected chi connectivity index (χ2v) is 7.07. The molecule has 0 atom stereocenters. The summed E-state index contributed by atoms with van der Waals surface area (Å²) in [5, 5.41) is 0. The van der Waals surface area contributed by atoms with Crippen LogP contribution in [0.4, 0.5) is 0 Å². The third-order valence-corrected chi connectivity index (χ3v) is 4.02. The highest BCUT2D eigenvalue weighted by molar-refractivity contribution is 8.13. The van der Waals surface area contributed by atoms with E-state index in [-0.39, 0.29) is 5.75 Å². The van der Waals surface area contributed by atoms with E-state index in [1.54, 1.807) is 6.07 Å². The van der Waals surface area contributed by atoms with Gasteiger partial charge in [-0.15, -0.1) is 0 Å². The van der Waals surface area contributed by atoms with E-state index in [0.29, 0.717) is 5.56 Å². The molecule has 0 N–H and O–H groups in total. The lowest BCUT2D eigenvalue weighted by Gasteiger charge is -2.01. The molecule has 4 nitrogen and oxygen atoms in total. The van der Waals surface area contributed by atoms with Gasteiger partial charge in [0.15, 0.2) is 0 Å². The fourth-order valence-corrected chi connectivity index (χ4v) is 3.30. The summed E-state index contributed by atoms with van der Waals surface area (Å²) in [7, 11) is 1.76. The SMILES string of the molecule is O=S(=O)(Cl)Cc1ccc2nc3n(c2c1)CCC3. The van der Waals surface area contributed by atoms with Gasteiger partial charge in [-0.1, -0.05) is 6.07 Å². The van der Waals surface area contributed by atoms with Crippen LogP contribution in [0, 0.1) is 0 Å². The zero-order chi connectivity index (χ0) is 12.0. The molecule has 1 aliphatic heterocycles. The summed E-state index contributed by atoms with van der Waals surface area (Å²) in [5.74, 6) is 0.955. The summed E-state index contributed by atoms with van der Waals surface area (Å²) in [6.07, 6.45) is 2.11. The Morgan fingerprint density at radius 1 is 1.41 bits per heavy atom. The Morgan fingerprint density at radius 2 is 2.24 bits per heavy atom. The molecule has 0 aliphatic carbocycles. The van der Waals surface area contributed by atoms with Crippen LogP contribution in [0.3, 0.4) is 0 Å². The van der Waals surface area contributed by atoms with Gasteiger partial charge in [0.25, 0.3) is 0 Å². The Labute approximate surface area is 104 Å². The molecule has 1 aliphatic rings. The van der Waals surface area contributed by atoms with Gasteiger partial charge in [0.2, 0.25) is 9.05 Å². The lowest BCUT2D eigenvalue weighted by molar-refractivity contribution is 0.609. The van der Waals surface area contributed by atoms with Crippen molar-refractivity contribution >= 4 is 30.8 Å². The Morgan fingerprint density at radius 3 is 3.00 bits per heavy atom. The third kappa shape index (κ3) is 2.05. The topological polar surface area (TPSA) is 52.0 Å². The van der Waals surface area contributed by atoms with Crippen molar-refractivity contribution in [2.45, 2.75) is 25.1 Å². The van der Waals surface area contributed by atoms with Gasteiger partial charge < -0.3 is 4.57 Å². The summed E-state index contributed by atoms with van der Waals surface area (Å²) in [6, 6.07) is 5.50.